The molecule has 0 radical (unpaired) electrons. The van der Waals surface area contributed by atoms with Gasteiger partial charge in [-0.1, -0.05) is 121 Å². The van der Waals surface area contributed by atoms with E-state index in [1.807, 2.05) is 0 Å². The van der Waals surface area contributed by atoms with Gasteiger partial charge in [0.2, 0.25) is 0 Å². The molecule has 11 rings (SSSR count). The number of para-hydroxylation sites is 6. The second kappa shape index (κ2) is 14.0. The molecule has 8 aromatic carbocycles. The SMILES string of the molecule is c1ccc(N(c2ccccc2)c2cccc(-n3c4ccccc4c4cnc5c6ccccc6n(-c6cccc(N(c7ccccc7)c7ccccc7)c6)c5c43)c2)cc1. The van der Waals surface area contributed by atoms with E-state index in [2.05, 4.69) is 244 Å². The van der Waals surface area contributed by atoms with Crippen molar-refractivity contribution in [2.75, 3.05) is 9.80 Å². The Labute approximate surface area is 336 Å². The first kappa shape index (κ1) is 33.4. The zero-order chi connectivity index (χ0) is 38.4. The lowest BCUT2D eigenvalue weighted by atomic mass is 10.1. The topological polar surface area (TPSA) is 29.2 Å². The van der Waals surface area contributed by atoms with Gasteiger partial charge in [-0.05, 0) is 97.1 Å². The van der Waals surface area contributed by atoms with Crippen LogP contribution in [0.4, 0.5) is 34.1 Å². The van der Waals surface area contributed by atoms with Gasteiger partial charge in [0.1, 0.15) is 0 Å². The number of benzene rings is 8. The molecule has 274 valence electrons. The summed E-state index contributed by atoms with van der Waals surface area (Å²) in [6.07, 6.45) is 2.07. The van der Waals surface area contributed by atoms with Gasteiger partial charge < -0.3 is 18.9 Å². The molecule has 0 fully saturated rings. The lowest BCUT2D eigenvalue weighted by Gasteiger charge is -2.26. The van der Waals surface area contributed by atoms with Crippen molar-refractivity contribution < 1.29 is 0 Å². The second-order valence-electron chi connectivity index (χ2n) is 14.5. The smallest absolute Gasteiger partial charge is 0.0985 e. The van der Waals surface area contributed by atoms with E-state index in [4.69, 9.17) is 4.98 Å². The van der Waals surface area contributed by atoms with Crippen LogP contribution < -0.4 is 9.80 Å². The molecule has 0 amide bonds. The van der Waals surface area contributed by atoms with Crippen molar-refractivity contribution in [1.29, 1.82) is 0 Å². The third-order valence-corrected chi connectivity index (χ3v) is 11.1. The van der Waals surface area contributed by atoms with Crippen LogP contribution in [0.2, 0.25) is 0 Å². The fourth-order valence-electron chi connectivity index (χ4n) is 8.61. The summed E-state index contributed by atoms with van der Waals surface area (Å²) in [6, 6.07) is 77.5. The molecule has 5 nitrogen and oxygen atoms in total. The normalized spacial score (nSPS) is 11.4. The van der Waals surface area contributed by atoms with Crippen molar-refractivity contribution in [3.8, 4) is 11.4 Å². The van der Waals surface area contributed by atoms with Crippen molar-refractivity contribution in [2.24, 2.45) is 0 Å². The minimum absolute atomic E-state index is 0.965. The number of nitrogens with zero attached hydrogens (tertiary/aromatic N) is 5. The summed E-state index contributed by atoms with van der Waals surface area (Å²) in [7, 11) is 0. The fraction of sp³-hybridized carbons (Fsp3) is 0. The molecular formula is C53H37N5. The summed E-state index contributed by atoms with van der Waals surface area (Å²) >= 11 is 0. The predicted molar refractivity (Wildman–Crippen MR) is 242 cm³/mol. The Balaban J connectivity index is 1.19. The van der Waals surface area contributed by atoms with Crippen molar-refractivity contribution in [3.05, 3.63) is 225 Å². The van der Waals surface area contributed by atoms with Gasteiger partial charge in [0.15, 0.2) is 0 Å². The molecule has 3 heterocycles. The third-order valence-electron chi connectivity index (χ3n) is 11.1. The molecule has 0 spiro atoms. The van der Waals surface area contributed by atoms with Crippen LogP contribution in [-0.2, 0) is 0 Å². The summed E-state index contributed by atoms with van der Waals surface area (Å²) in [4.78, 5) is 9.91. The van der Waals surface area contributed by atoms with Crippen LogP contribution in [0, 0.1) is 0 Å². The van der Waals surface area contributed by atoms with Crippen LogP contribution in [0.1, 0.15) is 0 Å². The maximum absolute atomic E-state index is 5.27. The van der Waals surface area contributed by atoms with Gasteiger partial charge in [-0.25, -0.2) is 0 Å². The standard InChI is InChI=1S/C53H37N5/c1-5-19-38(20-6-1)55(39-21-7-2-8-22-39)42-27-17-29-44(35-42)57-49-33-15-13-31-46(49)48-37-54-51-47-32-14-16-34-50(47)58(53(51)52(48)57)45-30-18-28-43(36-45)56(40-23-9-3-10-24-40)41-25-11-4-12-26-41/h1-37H. The molecule has 0 saturated heterocycles. The Hall–Kier alpha value is -7.89. The van der Waals surface area contributed by atoms with Gasteiger partial charge in [-0.15, -0.1) is 0 Å². The summed E-state index contributed by atoms with van der Waals surface area (Å²) < 4.78 is 4.85. The van der Waals surface area contributed by atoms with Gasteiger partial charge in [0, 0.05) is 67.9 Å². The average Bonchev–Trinajstić information content (AvgIpc) is 3.82. The van der Waals surface area contributed by atoms with Crippen LogP contribution in [0.3, 0.4) is 0 Å². The van der Waals surface area contributed by atoms with E-state index in [9.17, 15) is 0 Å². The van der Waals surface area contributed by atoms with E-state index >= 15 is 0 Å². The van der Waals surface area contributed by atoms with Gasteiger partial charge in [-0.3, -0.25) is 4.98 Å². The number of fused-ring (bicyclic) bond motifs is 7. The molecule has 0 saturated carbocycles. The number of hydrogen-bond donors (Lipinski definition) is 0. The molecule has 0 N–H and O–H groups in total. The molecule has 0 aliphatic heterocycles. The molecule has 58 heavy (non-hydrogen) atoms. The van der Waals surface area contributed by atoms with Crippen LogP contribution in [0.5, 0.6) is 0 Å². The highest BCUT2D eigenvalue weighted by Gasteiger charge is 2.23. The lowest BCUT2D eigenvalue weighted by Crippen LogP contribution is -2.10. The first-order valence-corrected chi connectivity index (χ1v) is 19.6. The monoisotopic (exact) mass is 743 g/mol. The molecular weight excluding hydrogens is 707 g/mol. The maximum atomic E-state index is 5.27. The third kappa shape index (κ3) is 5.52. The molecule has 3 aromatic heterocycles. The van der Waals surface area contributed by atoms with Crippen LogP contribution in [0.25, 0.3) is 55.1 Å². The molecule has 0 bridgehead atoms. The quantitative estimate of drug-likeness (QED) is 0.155. The van der Waals surface area contributed by atoms with Gasteiger partial charge >= 0.3 is 0 Å². The largest absolute Gasteiger partial charge is 0.310 e. The van der Waals surface area contributed by atoms with Crippen LogP contribution >= 0.6 is 0 Å². The van der Waals surface area contributed by atoms with Crippen LogP contribution in [0.15, 0.2) is 225 Å². The Morgan fingerprint density at radius 2 is 0.690 bits per heavy atom. The summed E-state index contributed by atoms with van der Waals surface area (Å²) in [5.41, 5.74) is 14.0. The number of aromatic nitrogens is 3. The minimum Gasteiger partial charge on any atom is -0.310 e. The van der Waals surface area contributed by atoms with E-state index in [0.29, 0.717) is 0 Å². The Kier molecular flexibility index (Phi) is 8.07. The zero-order valence-corrected chi connectivity index (χ0v) is 31.6. The molecule has 11 aromatic rings. The Bertz CT molecular complexity index is 2930. The molecule has 5 heteroatoms. The fourth-order valence-corrected chi connectivity index (χ4v) is 8.61. The highest BCUT2D eigenvalue weighted by atomic mass is 15.2. The predicted octanol–water partition coefficient (Wildman–Crippen LogP) is 14.2. The molecule has 0 aliphatic carbocycles. The highest BCUT2D eigenvalue weighted by molar-refractivity contribution is 6.22. The van der Waals surface area contributed by atoms with Gasteiger partial charge in [0.05, 0.1) is 27.6 Å². The number of pyridine rings is 1. The van der Waals surface area contributed by atoms with E-state index in [1.54, 1.807) is 0 Å². The maximum Gasteiger partial charge on any atom is 0.0985 e. The first-order valence-electron chi connectivity index (χ1n) is 19.6. The van der Waals surface area contributed by atoms with Crippen LogP contribution in [-0.4, -0.2) is 14.1 Å². The van der Waals surface area contributed by atoms with Crippen molar-refractivity contribution in [3.63, 3.8) is 0 Å². The van der Waals surface area contributed by atoms with Crippen molar-refractivity contribution >= 4 is 77.9 Å². The van der Waals surface area contributed by atoms with E-state index in [-0.39, 0.29) is 0 Å². The molecule has 0 aliphatic rings. The number of hydrogen-bond acceptors (Lipinski definition) is 3. The second-order valence-corrected chi connectivity index (χ2v) is 14.5. The van der Waals surface area contributed by atoms with E-state index < -0.39 is 0 Å². The minimum atomic E-state index is 0.965. The Morgan fingerprint density at radius 1 is 0.310 bits per heavy atom. The molecule has 0 atom stereocenters. The first-order chi connectivity index (χ1) is 28.8. The highest BCUT2D eigenvalue weighted by Crippen LogP contribution is 2.43. The molecule has 0 unspecified atom stereocenters. The zero-order valence-electron chi connectivity index (χ0n) is 31.6. The van der Waals surface area contributed by atoms with Crippen molar-refractivity contribution in [2.45, 2.75) is 0 Å². The lowest BCUT2D eigenvalue weighted by molar-refractivity contribution is 1.14. The van der Waals surface area contributed by atoms with E-state index in [0.717, 1.165) is 89.2 Å². The summed E-state index contributed by atoms with van der Waals surface area (Å²) in [6.45, 7) is 0. The Morgan fingerprint density at radius 3 is 1.17 bits per heavy atom. The average molecular weight is 744 g/mol. The van der Waals surface area contributed by atoms with Gasteiger partial charge in [-0.2, -0.15) is 0 Å². The summed E-state index contributed by atoms with van der Waals surface area (Å²) in [5.74, 6) is 0. The summed E-state index contributed by atoms with van der Waals surface area (Å²) in [5, 5.41) is 3.37. The number of anilines is 6. The van der Waals surface area contributed by atoms with E-state index in [1.165, 1.54) is 0 Å². The number of rotatable bonds is 8. The van der Waals surface area contributed by atoms with Gasteiger partial charge in [0.25, 0.3) is 0 Å². The van der Waals surface area contributed by atoms with Crippen molar-refractivity contribution in [1.82, 2.24) is 14.1 Å².